The molecule has 3 aliphatic rings. The molecule has 2 saturated heterocycles. The average molecular weight is 207 g/mol. The third-order valence-corrected chi connectivity index (χ3v) is 5.28. The van der Waals surface area contributed by atoms with E-state index in [1.807, 2.05) is 0 Å². The molecule has 1 heteroatoms. The summed E-state index contributed by atoms with van der Waals surface area (Å²) in [4.78, 5) is 2.96. The molecule has 0 aromatic heterocycles. The highest BCUT2D eigenvalue weighted by atomic mass is 15.3. The van der Waals surface area contributed by atoms with Gasteiger partial charge < -0.3 is 0 Å². The summed E-state index contributed by atoms with van der Waals surface area (Å²) >= 11 is 0. The van der Waals surface area contributed by atoms with Crippen molar-refractivity contribution in [1.82, 2.24) is 4.90 Å². The Morgan fingerprint density at radius 3 is 2.00 bits per heavy atom. The van der Waals surface area contributed by atoms with Crippen LogP contribution in [-0.2, 0) is 0 Å². The summed E-state index contributed by atoms with van der Waals surface area (Å²) < 4.78 is 0. The van der Waals surface area contributed by atoms with Gasteiger partial charge in [-0.2, -0.15) is 0 Å². The van der Waals surface area contributed by atoms with Crippen molar-refractivity contribution in [3.63, 3.8) is 0 Å². The molecular formula is C14H25N. The minimum Gasteiger partial charge on any atom is -0.294 e. The smallest absolute Gasteiger partial charge is 0.0132 e. The monoisotopic (exact) mass is 207 g/mol. The van der Waals surface area contributed by atoms with Crippen molar-refractivity contribution in [3.8, 4) is 0 Å². The highest BCUT2D eigenvalue weighted by Gasteiger charge is 2.46. The molecule has 0 aromatic carbocycles. The third-order valence-electron chi connectivity index (χ3n) is 5.28. The van der Waals surface area contributed by atoms with Crippen LogP contribution in [0.25, 0.3) is 0 Å². The number of fused-ring (bicyclic) bond motifs is 2. The van der Waals surface area contributed by atoms with E-state index in [-0.39, 0.29) is 0 Å². The molecule has 0 radical (unpaired) electrons. The van der Waals surface area contributed by atoms with E-state index in [0.29, 0.717) is 0 Å². The van der Waals surface area contributed by atoms with Crippen LogP contribution in [0.1, 0.15) is 58.8 Å². The zero-order chi connectivity index (χ0) is 10.4. The van der Waals surface area contributed by atoms with Crippen LogP contribution in [0.4, 0.5) is 0 Å². The largest absolute Gasteiger partial charge is 0.294 e. The van der Waals surface area contributed by atoms with Gasteiger partial charge in [-0.25, -0.2) is 0 Å². The Hall–Kier alpha value is -0.0400. The van der Waals surface area contributed by atoms with Gasteiger partial charge in [-0.15, -0.1) is 0 Å². The van der Waals surface area contributed by atoms with Crippen LogP contribution in [0.2, 0.25) is 0 Å². The molecule has 1 aliphatic carbocycles. The van der Waals surface area contributed by atoms with Crippen molar-refractivity contribution in [2.45, 2.75) is 76.9 Å². The quantitative estimate of drug-likeness (QED) is 0.670. The average Bonchev–Trinajstić information content (AvgIpc) is 2.40. The maximum Gasteiger partial charge on any atom is 0.0132 e. The fourth-order valence-corrected chi connectivity index (χ4v) is 4.35. The molecule has 3 fully saturated rings. The zero-order valence-electron chi connectivity index (χ0n) is 10.3. The number of hydrogen-bond donors (Lipinski definition) is 0. The lowest BCUT2D eigenvalue weighted by atomic mass is 9.71. The van der Waals surface area contributed by atoms with Crippen LogP contribution in [0.5, 0.6) is 0 Å². The second-order valence-electron chi connectivity index (χ2n) is 6.32. The Balaban J connectivity index is 1.72. The van der Waals surface area contributed by atoms with Crippen LogP contribution in [0.15, 0.2) is 0 Å². The summed E-state index contributed by atoms with van der Waals surface area (Å²) in [6, 6.07) is 2.94. The first-order valence-corrected chi connectivity index (χ1v) is 7.05. The van der Waals surface area contributed by atoms with Crippen molar-refractivity contribution >= 4 is 0 Å². The topological polar surface area (TPSA) is 3.24 Å². The highest BCUT2D eigenvalue weighted by Crippen LogP contribution is 2.46. The van der Waals surface area contributed by atoms with Crippen molar-refractivity contribution in [2.75, 3.05) is 0 Å². The fraction of sp³-hybridized carbons (Fsp3) is 1.00. The molecule has 3 rings (SSSR count). The van der Waals surface area contributed by atoms with E-state index < -0.39 is 0 Å². The number of rotatable bonds is 2. The first-order chi connectivity index (χ1) is 7.27. The van der Waals surface area contributed by atoms with Gasteiger partial charge in [0.05, 0.1) is 0 Å². The Kier molecular flexibility index (Phi) is 2.54. The van der Waals surface area contributed by atoms with Crippen molar-refractivity contribution in [3.05, 3.63) is 0 Å². The summed E-state index contributed by atoms with van der Waals surface area (Å²) in [5.41, 5.74) is 0. The highest BCUT2D eigenvalue weighted by molar-refractivity contribution is 5.01. The van der Waals surface area contributed by atoms with E-state index in [4.69, 9.17) is 0 Å². The van der Waals surface area contributed by atoms with E-state index in [9.17, 15) is 0 Å². The van der Waals surface area contributed by atoms with Gasteiger partial charge in [0.15, 0.2) is 0 Å². The second-order valence-corrected chi connectivity index (χ2v) is 6.32. The SMILES string of the molecule is CC(C)C1CCC1N1C2CCCC1CC2. The van der Waals surface area contributed by atoms with Gasteiger partial charge in [-0.05, 0) is 50.4 Å². The molecule has 15 heavy (non-hydrogen) atoms. The fourth-order valence-electron chi connectivity index (χ4n) is 4.35. The Bertz CT molecular complexity index is 219. The maximum absolute atomic E-state index is 2.96. The van der Waals surface area contributed by atoms with Crippen LogP contribution >= 0.6 is 0 Å². The lowest BCUT2D eigenvalue weighted by Gasteiger charge is -2.51. The van der Waals surface area contributed by atoms with Gasteiger partial charge in [-0.1, -0.05) is 20.3 Å². The summed E-state index contributed by atoms with van der Waals surface area (Å²) in [5, 5.41) is 0. The van der Waals surface area contributed by atoms with Gasteiger partial charge in [-0.3, -0.25) is 4.90 Å². The van der Waals surface area contributed by atoms with E-state index >= 15 is 0 Å². The molecule has 2 bridgehead atoms. The molecule has 0 aromatic rings. The molecule has 0 spiro atoms. The number of nitrogens with zero attached hydrogens (tertiary/aromatic N) is 1. The van der Waals surface area contributed by atoms with Gasteiger partial charge in [0, 0.05) is 18.1 Å². The van der Waals surface area contributed by atoms with Crippen LogP contribution in [0, 0.1) is 11.8 Å². The Labute approximate surface area is 94.2 Å². The van der Waals surface area contributed by atoms with Crippen LogP contribution in [0.3, 0.4) is 0 Å². The van der Waals surface area contributed by atoms with Crippen molar-refractivity contribution in [1.29, 1.82) is 0 Å². The molecule has 2 aliphatic heterocycles. The normalized spacial score (nSPS) is 45.8. The van der Waals surface area contributed by atoms with Crippen molar-refractivity contribution in [2.24, 2.45) is 11.8 Å². The lowest BCUT2D eigenvalue weighted by molar-refractivity contribution is -0.0165. The number of piperidine rings is 1. The lowest BCUT2D eigenvalue weighted by Crippen LogP contribution is -2.55. The van der Waals surface area contributed by atoms with E-state index in [2.05, 4.69) is 18.7 Å². The van der Waals surface area contributed by atoms with Crippen LogP contribution < -0.4 is 0 Å². The summed E-state index contributed by atoms with van der Waals surface area (Å²) in [5.74, 6) is 1.93. The summed E-state index contributed by atoms with van der Waals surface area (Å²) in [7, 11) is 0. The van der Waals surface area contributed by atoms with Crippen LogP contribution in [-0.4, -0.2) is 23.0 Å². The summed E-state index contributed by atoms with van der Waals surface area (Å²) in [6.45, 7) is 4.84. The minimum absolute atomic E-state index is 0.907. The minimum atomic E-state index is 0.907. The molecule has 0 N–H and O–H groups in total. The van der Waals surface area contributed by atoms with E-state index in [1.54, 1.807) is 0 Å². The van der Waals surface area contributed by atoms with E-state index in [1.165, 1.54) is 44.9 Å². The van der Waals surface area contributed by atoms with Gasteiger partial charge in [0.1, 0.15) is 0 Å². The Morgan fingerprint density at radius 2 is 1.53 bits per heavy atom. The molecule has 4 atom stereocenters. The maximum atomic E-state index is 2.96. The van der Waals surface area contributed by atoms with Gasteiger partial charge in [0.2, 0.25) is 0 Å². The van der Waals surface area contributed by atoms with Crippen molar-refractivity contribution < 1.29 is 0 Å². The molecule has 1 saturated carbocycles. The molecule has 0 amide bonds. The second kappa shape index (κ2) is 3.76. The standard InChI is InChI=1S/C14H25N/c1-10(2)13-8-9-14(13)15-11-4-3-5-12(15)7-6-11/h10-14H,3-9H2,1-2H3. The zero-order valence-corrected chi connectivity index (χ0v) is 10.3. The van der Waals surface area contributed by atoms with Gasteiger partial charge >= 0.3 is 0 Å². The molecule has 86 valence electrons. The molecule has 4 unspecified atom stereocenters. The third kappa shape index (κ3) is 1.54. The first kappa shape index (κ1) is 10.1. The predicted octanol–water partition coefficient (Wildman–Crippen LogP) is 3.44. The summed E-state index contributed by atoms with van der Waals surface area (Å²) in [6.07, 6.45) is 10.5. The molecule has 1 nitrogen and oxygen atoms in total. The Morgan fingerprint density at radius 1 is 0.867 bits per heavy atom. The first-order valence-electron chi connectivity index (χ1n) is 7.05. The molecular weight excluding hydrogens is 182 g/mol. The predicted molar refractivity (Wildman–Crippen MR) is 63.9 cm³/mol. The molecule has 2 heterocycles. The van der Waals surface area contributed by atoms with Gasteiger partial charge in [0.25, 0.3) is 0 Å². The van der Waals surface area contributed by atoms with E-state index in [0.717, 1.165) is 30.0 Å². The number of hydrogen-bond acceptors (Lipinski definition) is 1.